The second-order valence-electron chi connectivity index (χ2n) is 3.89. The minimum Gasteiger partial charge on any atom is -0.479 e. The van der Waals surface area contributed by atoms with Crippen LogP contribution in [-0.4, -0.2) is 17.0 Å². The lowest BCUT2D eigenvalue weighted by atomic mass is 10.2. The quantitative estimate of drug-likeness (QED) is 0.857. The van der Waals surface area contributed by atoms with E-state index in [1.807, 2.05) is 0 Å². The standard InChI is InChI=1S/C13H9BrClNO3S/c14-8-6-7(3-4-9(8)15)12(17)16-11(13(18)19)10-2-1-5-20-10/h1-6,11H,(H,16,17)(H,18,19). The van der Waals surface area contributed by atoms with E-state index in [9.17, 15) is 14.7 Å². The normalized spacial score (nSPS) is 11.9. The van der Waals surface area contributed by atoms with Crippen LogP contribution in [0.15, 0.2) is 40.2 Å². The fourth-order valence-corrected chi connectivity index (χ4v) is 2.83. The number of benzene rings is 1. The molecule has 1 amide bonds. The Balaban J connectivity index is 2.20. The Hall–Kier alpha value is -1.37. The number of thiophene rings is 1. The number of halogens is 2. The first-order chi connectivity index (χ1) is 9.49. The maximum absolute atomic E-state index is 12.1. The predicted octanol–water partition coefficient (Wildman–Crippen LogP) is 3.72. The molecular weight excluding hydrogens is 366 g/mol. The molecule has 104 valence electrons. The van der Waals surface area contributed by atoms with Crippen molar-refractivity contribution in [1.82, 2.24) is 5.32 Å². The zero-order valence-corrected chi connectivity index (χ0v) is 13.1. The smallest absolute Gasteiger partial charge is 0.331 e. The lowest BCUT2D eigenvalue weighted by Gasteiger charge is -2.13. The molecule has 20 heavy (non-hydrogen) atoms. The van der Waals surface area contributed by atoms with Gasteiger partial charge in [0.1, 0.15) is 0 Å². The molecule has 2 N–H and O–H groups in total. The highest BCUT2D eigenvalue weighted by Crippen LogP contribution is 2.24. The van der Waals surface area contributed by atoms with Crippen molar-refractivity contribution in [3.8, 4) is 0 Å². The minimum atomic E-state index is -1.10. The number of carboxylic acid groups (broad SMARTS) is 1. The molecule has 0 saturated carbocycles. The van der Waals surface area contributed by atoms with Crippen LogP contribution in [-0.2, 0) is 4.79 Å². The highest BCUT2D eigenvalue weighted by atomic mass is 79.9. The molecule has 1 unspecified atom stereocenters. The fourth-order valence-electron chi connectivity index (χ4n) is 1.56. The van der Waals surface area contributed by atoms with E-state index >= 15 is 0 Å². The Morgan fingerprint density at radius 2 is 2.10 bits per heavy atom. The largest absolute Gasteiger partial charge is 0.479 e. The van der Waals surface area contributed by atoms with Gasteiger partial charge in [0.05, 0.1) is 5.02 Å². The molecule has 0 fully saturated rings. The van der Waals surface area contributed by atoms with Crippen molar-refractivity contribution in [2.45, 2.75) is 6.04 Å². The molecule has 1 heterocycles. The van der Waals surface area contributed by atoms with Crippen molar-refractivity contribution in [3.63, 3.8) is 0 Å². The molecule has 2 aromatic rings. The molecule has 0 radical (unpaired) electrons. The van der Waals surface area contributed by atoms with E-state index in [0.717, 1.165) is 0 Å². The summed E-state index contributed by atoms with van der Waals surface area (Å²) in [6.07, 6.45) is 0. The topological polar surface area (TPSA) is 66.4 Å². The van der Waals surface area contributed by atoms with E-state index in [4.69, 9.17) is 11.6 Å². The van der Waals surface area contributed by atoms with E-state index in [1.165, 1.54) is 17.4 Å². The Labute approximate surface area is 132 Å². The molecule has 0 saturated heterocycles. The molecule has 1 aromatic heterocycles. The van der Waals surface area contributed by atoms with Crippen molar-refractivity contribution in [1.29, 1.82) is 0 Å². The molecule has 0 aliphatic heterocycles. The predicted molar refractivity (Wildman–Crippen MR) is 81.3 cm³/mol. The van der Waals surface area contributed by atoms with Gasteiger partial charge in [-0.25, -0.2) is 4.79 Å². The second kappa shape index (κ2) is 6.39. The van der Waals surface area contributed by atoms with Crippen LogP contribution in [0, 0.1) is 0 Å². The summed E-state index contributed by atoms with van der Waals surface area (Å²) in [4.78, 5) is 23.9. The fraction of sp³-hybridized carbons (Fsp3) is 0.0769. The first kappa shape index (κ1) is 15.0. The summed E-state index contributed by atoms with van der Waals surface area (Å²) >= 11 is 10.3. The van der Waals surface area contributed by atoms with E-state index in [-0.39, 0.29) is 0 Å². The Morgan fingerprint density at radius 3 is 2.65 bits per heavy atom. The molecule has 0 aliphatic carbocycles. The highest BCUT2D eigenvalue weighted by Gasteiger charge is 2.23. The molecule has 2 rings (SSSR count). The number of aliphatic carboxylic acids is 1. The molecule has 7 heteroatoms. The van der Waals surface area contributed by atoms with Crippen LogP contribution in [0.3, 0.4) is 0 Å². The summed E-state index contributed by atoms with van der Waals surface area (Å²) < 4.78 is 0.579. The number of carboxylic acids is 1. The van der Waals surface area contributed by atoms with E-state index in [1.54, 1.807) is 29.6 Å². The van der Waals surface area contributed by atoms with Crippen LogP contribution in [0.5, 0.6) is 0 Å². The van der Waals surface area contributed by atoms with Gasteiger partial charge in [-0.2, -0.15) is 0 Å². The van der Waals surface area contributed by atoms with E-state index < -0.39 is 17.9 Å². The van der Waals surface area contributed by atoms with Crippen LogP contribution in [0.2, 0.25) is 5.02 Å². The number of hydrogen-bond acceptors (Lipinski definition) is 3. The van der Waals surface area contributed by atoms with Gasteiger partial charge in [0.2, 0.25) is 0 Å². The van der Waals surface area contributed by atoms with Gasteiger partial charge < -0.3 is 10.4 Å². The summed E-state index contributed by atoms with van der Waals surface area (Å²) in [6.45, 7) is 0. The van der Waals surface area contributed by atoms with Gasteiger partial charge in [-0.1, -0.05) is 17.7 Å². The van der Waals surface area contributed by atoms with Gasteiger partial charge in [0, 0.05) is 14.9 Å². The van der Waals surface area contributed by atoms with Crippen molar-refractivity contribution < 1.29 is 14.7 Å². The Kier molecular flexibility index (Phi) is 4.80. The van der Waals surface area contributed by atoms with Crippen LogP contribution >= 0.6 is 38.9 Å². The maximum atomic E-state index is 12.1. The average molecular weight is 375 g/mol. The van der Waals surface area contributed by atoms with Gasteiger partial charge >= 0.3 is 5.97 Å². The van der Waals surface area contributed by atoms with Gasteiger partial charge in [0.15, 0.2) is 6.04 Å². The van der Waals surface area contributed by atoms with E-state index in [2.05, 4.69) is 21.2 Å². The number of amides is 1. The third kappa shape index (κ3) is 3.39. The summed E-state index contributed by atoms with van der Waals surface area (Å²) in [5.74, 6) is -1.57. The Bertz CT molecular complexity index is 645. The van der Waals surface area contributed by atoms with Crippen LogP contribution in [0.4, 0.5) is 0 Å². The molecule has 0 spiro atoms. The summed E-state index contributed by atoms with van der Waals surface area (Å²) in [5.41, 5.74) is 0.337. The van der Waals surface area contributed by atoms with Gasteiger partial charge in [-0.15, -0.1) is 11.3 Å². The van der Waals surface area contributed by atoms with Crippen molar-refractivity contribution in [3.05, 3.63) is 55.6 Å². The third-order valence-electron chi connectivity index (χ3n) is 2.53. The molecule has 1 atom stereocenters. The van der Waals surface area contributed by atoms with E-state index in [0.29, 0.717) is 19.9 Å². The van der Waals surface area contributed by atoms with Crippen LogP contribution in [0.1, 0.15) is 21.3 Å². The number of carbonyl (C=O) groups excluding carboxylic acids is 1. The molecule has 1 aromatic carbocycles. The highest BCUT2D eigenvalue weighted by molar-refractivity contribution is 9.10. The van der Waals surface area contributed by atoms with Crippen molar-refractivity contribution in [2.75, 3.05) is 0 Å². The monoisotopic (exact) mass is 373 g/mol. The number of rotatable bonds is 4. The third-order valence-corrected chi connectivity index (χ3v) is 4.68. The SMILES string of the molecule is O=C(NC(C(=O)O)c1cccs1)c1ccc(Cl)c(Br)c1. The summed E-state index contributed by atoms with van der Waals surface area (Å²) in [6, 6.07) is 7.00. The number of nitrogens with one attached hydrogen (secondary N) is 1. The van der Waals surface area contributed by atoms with Crippen molar-refractivity contribution >= 4 is 50.7 Å². The average Bonchev–Trinajstić information content (AvgIpc) is 2.92. The minimum absolute atomic E-state index is 0.337. The summed E-state index contributed by atoms with van der Waals surface area (Å²) in [7, 11) is 0. The molecule has 4 nitrogen and oxygen atoms in total. The van der Waals surface area contributed by atoms with Gasteiger partial charge in [-0.3, -0.25) is 4.79 Å². The first-order valence-corrected chi connectivity index (χ1v) is 7.56. The van der Waals surface area contributed by atoms with Crippen molar-refractivity contribution in [2.24, 2.45) is 0 Å². The lowest BCUT2D eigenvalue weighted by Crippen LogP contribution is -2.33. The molecule has 0 bridgehead atoms. The lowest BCUT2D eigenvalue weighted by molar-refractivity contribution is -0.139. The molecule has 0 aliphatic rings. The molecular formula is C13H9BrClNO3S. The Morgan fingerprint density at radius 1 is 1.35 bits per heavy atom. The number of carbonyl (C=O) groups is 2. The zero-order valence-electron chi connectivity index (χ0n) is 9.97. The summed E-state index contributed by atoms with van der Waals surface area (Å²) in [5, 5.41) is 13.9. The second-order valence-corrected chi connectivity index (χ2v) is 6.13. The number of hydrogen-bond donors (Lipinski definition) is 2. The van der Waals surface area contributed by atoms with Gasteiger partial charge in [-0.05, 0) is 45.6 Å². The maximum Gasteiger partial charge on any atom is 0.331 e. The van der Waals surface area contributed by atoms with Crippen LogP contribution in [0.25, 0.3) is 0 Å². The van der Waals surface area contributed by atoms with Crippen LogP contribution < -0.4 is 5.32 Å². The zero-order chi connectivity index (χ0) is 14.7. The van der Waals surface area contributed by atoms with Gasteiger partial charge in [0.25, 0.3) is 5.91 Å². The first-order valence-electron chi connectivity index (χ1n) is 5.51.